The summed E-state index contributed by atoms with van der Waals surface area (Å²) in [5.74, 6) is -1.30. The number of benzene rings is 2. The lowest BCUT2D eigenvalue weighted by atomic mass is 10.0. The molecule has 0 bridgehead atoms. The van der Waals surface area contributed by atoms with E-state index in [1.54, 1.807) is 24.3 Å². The molecule has 4 heteroatoms. The Morgan fingerprint density at radius 3 is 2.30 bits per heavy atom. The monoisotopic (exact) mass is 263 g/mol. The quantitative estimate of drug-likeness (QED) is 0.680. The Hall–Kier alpha value is -2.93. The predicted molar refractivity (Wildman–Crippen MR) is 77.0 cm³/mol. The molecule has 0 aromatic heterocycles. The first-order valence-corrected chi connectivity index (χ1v) is 6.14. The van der Waals surface area contributed by atoms with Crippen LogP contribution in [0.4, 0.5) is 0 Å². The highest BCUT2D eigenvalue weighted by atomic mass is 16.2. The number of rotatable bonds is 4. The molecule has 1 amide bonds. The van der Waals surface area contributed by atoms with E-state index in [0.717, 1.165) is 5.56 Å². The molecule has 2 aromatic carbocycles. The summed E-state index contributed by atoms with van der Waals surface area (Å²) < 4.78 is 0. The minimum atomic E-state index is -0.857. The van der Waals surface area contributed by atoms with E-state index in [2.05, 4.69) is 10.5 Å². The van der Waals surface area contributed by atoms with E-state index in [1.165, 1.54) is 6.21 Å². The average Bonchev–Trinajstić information content (AvgIpc) is 2.50. The number of carbonyl (C=O) groups is 1. The molecule has 0 unspecified atom stereocenters. The van der Waals surface area contributed by atoms with Gasteiger partial charge >= 0.3 is 0 Å². The Morgan fingerprint density at radius 1 is 1.10 bits per heavy atom. The van der Waals surface area contributed by atoms with E-state index >= 15 is 0 Å². The van der Waals surface area contributed by atoms with E-state index in [9.17, 15) is 4.79 Å². The third-order valence-corrected chi connectivity index (χ3v) is 2.71. The maximum absolute atomic E-state index is 11.9. The molecule has 0 fully saturated rings. The largest absolute Gasteiger partial charge is 0.271 e. The molecule has 0 saturated carbocycles. The van der Waals surface area contributed by atoms with Crippen molar-refractivity contribution in [1.29, 1.82) is 5.26 Å². The highest BCUT2D eigenvalue weighted by Crippen LogP contribution is 2.14. The third-order valence-electron chi connectivity index (χ3n) is 2.71. The van der Waals surface area contributed by atoms with Gasteiger partial charge in [-0.25, -0.2) is 5.43 Å². The van der Waals surface area contributed by atoms with Gasteiger partial charge in [-0.2, -0.15) is 10.4 Å². The van der Waals surface area contributed by atoms with Gasteiger partial charge in [0.15, 0.2) is 5.92 Å². The normalized spacial score (nSPS) is 11.8. The Bertz CT molecular complexity index is 630. The summed E-state index contributed by atoms with van der Waals surface area (Å²) in [5.41, 5.74) is 3.92. The predicted octanol–water partition coefficient (Wildman–Crippen LogP) is 2.44. The molecule has 0 heterocycles. The summed E-state index contributed by atoms with van der Waals surface area (Å²) in [7, 11) is 0. The summed E-state index contributed by atoms with van der Waals surface area (Å²) in [4.78, 5) is 11.9. The van der Waals surface area contributed by atoms with Crippen LogP contribution in [0.15, 0.2) is 65.8 Å². The van der Waals surface area contributed by atoms with E-state index in [-0.39, 0.29) is 0 Å². The van der Waals surface area contributed by atoms with Crippen molar-refractivity contribution < 1.29 is 4.79 Å². The standard InChI is InChI=1S/C16H13N3O/c17-11-15(14-9-5-2-6-10-14)16(20)19-18-12-13-7-3-1-4-8-13/h1-10,12,15H,(H,19,20)/b18-12-/t15-/m0/s1. The Labute approximate surface area is 117 Å². The van der Waals surface area contributed by atoms with Crippen LogP contribution in [0.3, 0.4) is 0 Å². The fourth-order valence-electron chi connectivity index (χ4n) is 1.70. The van der Waals surface area contributed by atoms with Crippen LogP contribution in [-0.2, 0) is 4.79 Å². The molecular weight excluding hydrogens is 250 g/mol. The smallest absolute Gasteiger partial charge is 0.261 e. The van der Waals surface area contributed by atoms with Crippen molar-refractivity contribution in [3.8, 4) is 6.07 Å². The van der Waals surface area contributed by atoms with Gasteiger partial charge in [0.2, 0.25) is 0 Å². The van der Waals surface area contributed by atoms with Gasteiger partial charge in [0.25, 0.3) is 5.91 Å². The summed E-state index contributed by atoms with van der Waals surface area (Å²) in [6, 6.07) is 20.3. The average molecular weight is 263 g/mol. The summed E-state index contributed by atoms with van der Waals surface area (Å²) in [6.07, 6.45) is 1.54. The molecule has 2 rings (SSSR count). The lowest BCUT2D eigenvalue weighted by molar-refractivity contribution is -0.121. The minimum absolute atomic E-state index is 0.439. The third kappa shape index (κ3) is 3.53. The number of hydrazone groups is 1. The van der Waals surface area contributed by atoms with Crippen LogP contribution >= 0.6 is 0 Å². The highest BCUT2D eigenvalue weighted by molar-refractivity contribution is 5.88. The maximum atomic E-state index is 11.9. The second kappa shape index (κ2) is 6.86. The van der Waals surface area contributed by atoms with Crippen molar-refractivity contribution in [3.63, 3.8) is 0 Å². The number of carbonyl (C=O) groups excluding carboxylic acids is 1. The fourth-order valence-corrected chi connectivity index (χ4v) is 1.70. The van der Waals surface area contributed by atoms with Crippen molar-refractivity contribution >= 4 is 12.1 Å². The molecule has 0 aliphatic rings. The zero-order chi connectivity index (χ0) is 14.2. The van der Waals surface area contributed by atoms with Crippen molar-refractivity contribution in [1.82, 2.24) is 5.43 Å². The zero-order valence-corrected chi connectivity index (χ0v) is 10.7. The fraction of sp³-hybridized carbons (Fsp3) is 0.0625. The highest BCUT2D eigenvalue weighted by Gasteiger charge is 2.19. The number of nitrogens with one attached hydrogen (secondary N) is 1. The van der Waals surface area contributed by atoms with Crippen LogP contribution < -0.4 is 5.43 Å². The van der Waals surface area contributed by atoms with Crippen LogP contribution in [0.5, 0.6) is 0 Å². The molecule has 1 N–H and O–H groups in total. The maximum Gasteiger partial charge on any atom is 0.261 e. The lowest BCUT2D eigenvalue weighted by Gasteiger charge is -2.06. The Kier molecular flexibility index (Phi) is 4.63. The van der Waals surface area contributed by atoms with Gasteiger partial charge in [-0.05, 0) is 11.1 Å². The first-order valence-electron chi connectivity index (χ1n) is 6.14. The van der Waals surface area contributed by atoms with Crippen molar-refractivity contribution in [2.24, 2.45) is 5.10 Å². The van der Waals surface area contributed by atoms with Gasteiger partial charge in [-0.3, -0.25) is 4.79 Å². The van der Waals surface area contributed by atoms with Gasteiger partial charge in [0.1, 0.15) is 0 Å². The Balaban J connectivity index is 2.01. The van der Waals surface area contributed by atoms with Crippen LogP contribution in [0.25, 0.3) is 0 Å². The van der Waals surface area contributed by atoms with Crippen molar-refractivity contribution in [2.45, 2.75) is 5.92 Å². The first kappa shape index (κ1) is 13.5. The number of hydrogen-bond donors (Lipinski definition) is 1. The number of nitrogens with zero attached hydrogens (tertiary/aromatic N) is 2. The molecule has 0 aliphatic heterocycles. The second-order valence-electron chi connectivity index (χ2n) is 4.12. The number of nitriles is 1. The Morgan fingerprint density at radius 2 is 1.70 bits per heavy atom. The second-order valence-corrected chi connectivity index (χ2v) is 4.12. The van der Waals surface area contributed by atoms with Gasteiger partial charge in [0, 0.05) is 0 Å². The zero-order valence-electron chi connectivity index (χ0n) is 10.7. The van der Waals surface area contributed by atoms with E-state index < -0.39 is 11.8 Å². The van der Waals surface area contributed by atoms with Crippen LogP contribution in [0.2, 0.25) is 0 Å². The molecule has 98 valence electrons. The molecule has 0 aliphatic carbocycles. The summed E-state index contributed by atoms with van der Waals surface area (Å²) >= 11 is 0. The molecule has 0 spiro atoms. The summed E-state index contributed by atoms with van der Waals surface area (Å²) in [6.45, 7) is 0. The minimum Gasteiger partial charge on any atom is -0.271 e. The van der Waals surface area contributed by atoms with Gasteiger partial charge in [0.05, 0.1) is 12.3 Å². The molecule has 0 saturated heterocycles. The van der Waals surface area contributed by atoms with Crippen LogP contribution in [-0.4, -0.2) is 12.1 Å². The van der Waals surface area contributed by atoms with Crippen molar-refractivity contribution in [2.75, 3.05) is 0 Å². The molecule has 20 heavy (non-hydrogen) atoms. The van der Waals surface area contributed by atoms with Gasteiger partial charge in [-0.15, -0.1) is 0 Å². The lowest BCUT2D eigenvalue weighted by Crippen LogP contribution is -2.24. The van der Waals surface area contributed by atoms with Crippen LogP contribution in [0.1, 0.15) is 17.0 Å². The van der Waals surface area contributed by atoms with E-state index in [1.807, 2.05) is 42.5 Å². The van der Waals surface area contributed by atoms with E-state index in [0.29, 0.717) is 5.56 Å². The van der Waals surface area contributed by atoms with Crippen molar-refractivity contribution in [3.05, 3.63) is 71.8 Å². The molecular formula is C16H13N3O. The SMILES string of the molecule is N#C[C@H](C(=O)N/N=C\c1ccccc1)c1ccccc1. The van der Waals surface area contributed by atoms with Gasteiger partial charge in [-0.1, -0.05) is 60.7 Å². The molecule has 1 atom stereocenters. The topological polar surface area (TPSA) is 65.2 Å². The number of hydrogen-bond acceptors (Lipinski definition) is 3. The number of amides is 1. The van der Waals surface area contributed by atoms with Crippen LogP contribution in [0, 0.1) is 11.3 Å². The summed E-state index contributed by atoms with van der Waals surface area (Å²) in [5, 5.41) is 13.0. The first-order chi connectivity index (χ1) is 9.81. The molecule has 4 nitrogen and oxygen atoms in total. The molecule has 2 aromatic rings. The van der Waals surface area contributed by atoms with Gasteiger partial charge < -0.3 is 0 Å². The van der Waals surface area contributed by atoms with E-state index in [4.69, 9.17) is 5.26 Å². The molecule has 0 radical (unpaired) electrons.